The Balaban J connectivity index is 1.40. The number of aliphatic hydroxyl groups is 2. The molecule has 0 radical (unpaired) electrons. The molecule has 0 saturated heterocycles. The molecule has 1 heterocycles. The van der Waals surface area contributed by atoms with Crippen LogP contribution in [0.2, 0.25) is 10.0 Å². The molecule has 10 heteroatoms. The van der Waals surface area contributed by atoms with Gasteiger partial charge in [0.2, 0.25) is 5.91 Å². The van der Waals surface area contributed by atoms with Gasteiger partial charge in [-0.3, -0.25) is 4.79 Å². The summed E-state index contributed by atoms with van der Waals surface area (Å²) in [5.41, 5.74) is 1.16. The van der Waals surface area contributed by atoms with Crippen LogP contribution in [0.5, 0.6) is 0 Å². The van der Waals surface area contributed by atoms with E-state index in [4.69, 9.17) is 49.8 Å². The predicted molar refractivity (Wildman–Crippen MR) is 149 cm³/mol. The number of carbonyl (C=O) groups excluding carboxylic acids is 2. The number of halogens is 3. The average Bonchev–Trinajstić information content (AvgIpc) is 3.47. The molecule has 1 aliphatic carbocycles. The number of hydrogen-bond donors (Lipinski definition) is 3. The number of esters is 1. The molecule has 2 aromatic rings. The third-order valence-corrected chi connectivity index (χ3v) is 8.90. The zero-order valence-corrected chi connectivity index (χ0v) is 23.7. The highest BCUT2D eigenvalue weighted by molar-refractivity contribution is 7.13. The Morgan fingerprint density at radius 2 is 1.78 bits per heavy atom. The van der Waals surface area contributed by atoms with Crippen LogP contribution in [0, 0.1) is 11.8 Å². The van der Waals surface area contributed by atoms with E-state index in [1.54, 1.807) is 12.1 Å². The number of benzene rings is 1. The van der Waals surface area contributed by atoms with Crippen LogP contribution in [0.1, 0.15) is 58.6 Å². The van der Waals surface area contributed by atoms with Gasteiger partial charge in [0.25, 0.3) is 0 Å². The van der Waals surface area contributed by atoms with Gasteiger partial charge >= 0.3 is 5.97 Å². The Labute approximate surface area is 237 Å². The number of hydrogen-bond acceptors (Lipinski definition) is 6. The van der Waals surface area contributed by atoms with E-state index in [0.717, 1.165) is 55.4 Å². The van der Waals surface area contributed by atoms with E-state index in [9.17, 15) is 9.59 Å². The minimum absolute atomic E-state index is 0.0348. The van der Waals surface area contributed by atoms with Gasteiger partial charge in [0, 0.05) is 20.3 Å². The lowest BCUT2D eigenvalue weighted by Crippen LogP contribution is -2.40. The molecule has 6 nitrogen and oxygen atoms in total. The Bertz CT molecular complexity index is 1010. The van der Waals surface area contributed by atoms with E-state index < -0.39 is 17.9 Å². The molecule has 3 atom stereocenters. The first-order valence-corrected chi connectivity index (χ1v) is 14.7. The molecule has 0 aliphatic heterocycles. The molecule has 3 N–H and O–H groups in total. The molecule has 0 bridgehead atoms. The molecule has 1 aromatic heterocycles. The molecular formula is C27H34Cl3NO5S. The lowest BCUT2D eigenvalue weighted by atomic mass is 9.86. The highest BCUT2D eigenvalue weighted by Gasteiger charge is 2.34. The fourth-order valence-corrected chi connectivity index (χ4v) is 6.84. The van der Waals surface area contributed by atoms with Gasteiger partial charge in [-0.1, -0.05) is 23.2 Å². The monoisotopic (exact) mass is 589 g/mol. The number of carbonyl (C=O) groups is 2. The molecule has 0 spiro atoms. The molecule has 1 aromatic carbocycles. The van der Waals surface area contributed by atoms with Crippen molar-refractivity contribution >= 4 is 58.0 Å². The van der Waals surface area contributed by atoms with E-state index in [1.807, 2.05) is 18.2 Å². The number of amides is 1. The summed E-state index contributed by atoms with van der Waals surface area (Å²) in [6.07, 6.45) is 7.07. The molecule has 1 amide bonds. The van der Waals surface area contributed by atoms with Crippen LogP contribution in [0.4, 0.5) is 0 Å². The van der Waals surface area contributed by atoms with E-state index in [1.165, 1.54) is 11.3 Å². The number of aliphatic hydroxyl groups excluding tert-OH is 2. The molecular weight excluding hydrogens is 557 g/mol. The summed E-state index contributed by atoms with van der Waals surface area (Å²) in [6.45, 7) is -0.778. The molecule has 204 valence electrons. The van der Waals surface area contributed by atoms with Crippen LogP contribution in [0.3, 0.4) is 0 Å². The molecule has 0 unspecified atom stereocenters. The second-order valence-electron chi connectivity index (χ2n) is 9.51. The van der Waals surface area contributed by atoms with E-state index in [2.05, 4.69) is 5.32 Å². The number of alkyl halides is 1. The van der Waals surface area contributed by atoms with Crippen LogP contribution in [-0.4, -0.2) is 53.3 Å². The lowest BCUT2D eigenvalue weighted by Gasteiger charge is -2.22. The fourth-order valence-electron chi connectivity index (χ4n) is 4.87. The summed E-state index contributed by atoms with van der Waals surface area (Å²) < 4.78 is 5.20. The van der Waals surface area contributed by atoms with Gasteiger partial charge < -0.3 is 20.3 Å². The van der Waals surface area contributed by atoms with Crippen molar-refractivity contribution in [2.45, 2.75) is 62.8 Å². The summed E-state index contributed by atoms with van der Waals surface area (Å²) in [4.78, 5) is 25.7. The van der Waals surface area contributed by atoms with Crippen molar-refractivity contribution in [3.05, 3.63) is 55.7 Å². The zero-order valence-electron chi connectivity index (χ0n) is 20.6. The van der Waals surface area contributed by atoms with Gasteiger partial charge in [-0.05, 0) is 92.7 Å². The highest BCUT2D eigenvalue weighted by atomic mass is 35.5. The smallest absolute Gasteiger partial charge is 0.348 e. The Kier molecular flexibility index (Phi) is 12.5. The number of thiophene rings is 1. The van der Waals surface area contributed by atoms with Crippen molar-refractivity contribution in [2.24, 2.45) is 11.8 Å². The first-order valence-electron chi connectivity index (χ1n) is 12.6. The van der Waals surface area contributed by atoms with Gasteiger partial charge in [0.15, 0.2) is 0 Å². The van der Waals surface area contributed by atoms with Crippen molar-refractivity contribution in [2.75, 3.05) is 19.8 Å². The van der Waals surface area contributed by atoms with Crippen LogP contribution in [-0.2, 0) is 22.4 Å². The van der Waals surface area contributed by atoms with E-state index in [-0.39, 0.29) is 31.6 Å². The topological polar surface area (TPSA) is 95.9 Å². The molecule has 37 heavy (non-hydrogen) atoms. The van der Waals surface area contributed by atoms with Crippen LogP contribution < -0.4 is 5.32 Å². The summed E-state index contributed by atoms with van der Waals surface area (Å²) in [5.74, 6) is 0.203. The van der Waals surface area contributed by atoms with Crippen LogP contribution in [0.25, 0.3) is 0 Å². The van der Waals surface area contributed by atoms with Gasteiger partial charge in [0.05, 0.1) is 25.7 Å². The predicted octanol–water partition coefficient (Wildman–Crippen LogP) is 5.66. The third-order valence-electron chi connectivity index (χ3n) is 6.80. The van der Waals surface area contributed by atoms with Crippen molar-refractivity contribution in [1.29, 1.82) is 0 Å². The molecule has 1 fully saturated rings. The van der Waals surface area contributed by atoms with Crippen molar-refractivity contribution < 1.29 is 24.5 Å². The number of nitrogens with one attached hydrogen (secondary N) is 1. The zero-order chi connectivity index (χ0) is 26.8. The third kappa shape index (κ3) is 9.72. The standard InChI is InChI=1S/C27H34Cl3NO5S/c28-19-12-17(13-20(29)14-19)4-5-18-6-8-24(30)23(18)3-1-2-22-7-9-25(37-22)27(35)36-11-10-26(34)31-21(15-32)16-33/h7,9,12-14,18,21,23-24,32-33H,1-6,8,10-11,15-16H2,(H,31,34)/t18-,23+,24+/m0/s1. The highest BCUT2D eigenvalue weighted by Crippen LogP contribution is 2.41. The fraction of sp³-hybridized carbons (Fsp3) is 0.556. The summed E-state index contributed by atoms with van der Waals surface area (Å²) >= 11 is 20.4. The first kappa shape index (κ1) is 30.2. The van der Waals surface area contributed by atoms with Crippen molar-refractivity contribution in [3.8, 4) is 0 Å². The van der Waals surface area contributed by atoms with Crippen molar-refractivity contribution in [3.63, 3.8) is 0 Å². The first-order chi connectivity index (χ1) is 17.8. The van der Waals surface area contributed by atoms with Gasteiger partial charge in [-0.25, -0.2) is 4.79 Å². The van der Waals surface area contributed by atoms with Crippen molar-refractivity contribution in [1.82, 2.24) is 5.32 Å². The summed E-state index contributed by atoms with van der Waals surface area (Å²) in [7, 11) is 0. The summed E-state index contributed by atoms with van der Waals surface area (Å²) in [6, 6.07) is 8.71. The Hall–Kier alpha value is -1.35. The number of aryl methyl sites for hydroxylation is 2. The van der Waals surface area contributed by atoms with Crippen LogP contribution in [0.15, 0.2) is 30.3 Å². The van der Waals surface area contributed by atoms with E-state index >= 15 is 0 Å². The van der Waals surface area contributed by atoms with Gasteiger partial charge in [0.1, 0.15) is 11.5 Å². The second-order valence-corrected chi connectivity index (χ2v) is 12.1. The van der Waals surface area contributed by atoms with Gasteiger partial charge in [-0.2, -0.15) is 0 Å². The summed E-state index contributed by atoms with van der Waals surface area (Å²) in [5, 5.41) is 22.0. The maximum atomic E-state index is 12.3. The normalized spacial score (nSPS) is 19.4. The van der Waals surface area contributed by atoms with Gasteiger partial charge in [-0.15, -0.1) is 22.9 Å². The largest absolute Gasteiger partial charge is 0.461 e. The Morgan fingerprint density at radius 1 is 1.05 bits per heavy atom. The molecule has 1 saturated carbocycles. The minimum atomic E-state index is -0.710. The molecule has 3 rings (SSSR count). The number of rotatable bonds is 14. The maximum Gasteiger partial charge on any atom is 0.348 e. The minimum Gasteiger partial charge on any atom is -0.461 e. The quantitative estimate of drug-likeness (QED) is 0.195. The lowest BCUT2D eigenvalue weighted by molar-refractivity contribution is -0.123. The SMILES string of the molecule is O=C(CCOC(=O)c1ccc(CCC[C@@H]2[C@@H](CCc3cc(Cl)cc(Cl)c3)CC[C@H]2Cl)s1)NC(CO)CO. The second kappa shape index (κ2) is 15.3. The average molecular weight is 591 g/mol. The van der Waals surface area contributed by atoms with E-state index in [0.29, 0.717) is 26.8 Å². The maximum absolute atomic E-state index is 12.3. The number of ether oxygens (including phenoxy) is 1. The molecule has 1 aliphatic rings. The Morgan fingerprint density at radius 3 is 2.49 bits per heavy atom. The van der Waals surface area contributed by atoms with Crippen LogP contribution >= 0.6 is 46.1 Å².